The number of hydrogen-bond donors (Lipinski definition) is 2. The number of aliphatic hydroxyl groups excluding tert-OH is 2. The second-order valence-corrected chi connectivity index (χ2v) is 13.3. The first kappa shape index (κ1) is 39.4. The van der Waals surface area contributed by atoms with Crippen molar-refractivity contribution in [1.29, 1.82) is 0 Å². The fourth-order valence-corrected chi connectivity index (χ4v) is 7.44. The van der Waals surface area contributed by atoms with Crippen LogP contribution in [0.1, 0.15) is 95.2 Å². The molecular weight excluding hydrogens is 698 g/mol. The summed E-state index contributed by atoms with van der Waals surface area (Å²) in [6.45, 7) is 2.20. The Kier molecular flexibility index (Phi) is 13.4. The normalized spacial score (nSPS) is 19.1. The summed E-state index contributed by atoms with van der Waals surface area (Å²) in [5.41, 5.74) is 24.4. The first-order valence-corrected chi connectivity index (χ1v) is 17.4. The average molecular weight is 739 g/mol. The standard InChI is InChI=1S/C20H19FN6O2.C20H21FO4/c1-12(28)29-20-18-9-15(21)7-6-14(18)8-13-4-2-3-5-17(13)19(20)10-16(25-27-23)11-24-26-22;1-12(23)25-20-18-9-15(21)7-6-14(18)8-13-4-2-3-5-17(13)19(20)10-16(24)11-22/h2-7,9,16,19-20H,8,10-11H2,1H3;2-7,9,16,19-20,22,24H,8,10-11H2,1H3/t16-,19+,20-;16-,19-,20+/m01/s1. The molecule has 2 N–H and O–H groups in total. The van der Waals surface area contributed by atoms with Gasteiger partial charge in [-0.2, -0.15) is 0 Å². The molecule has 0 bridgehead atoms. The summed E-state index contributed by atoms with van der Waals surface area (Å²) in [6, 6.07) is 23.8. The number of rotatable bonds is 10. The van der Waals surface area contributed by atoms with Crippen molar-refractivity contribution < 1.29 is 38.1 Å². The predicted octanol–water partition coefficient (Wildman–Crippen LogP) is 8.36. The largest absolute Gasteiger partial charge is 0.457 e. The van der Waals surface area contributed by atoms with Crippen LogP contribution in [0.25, 0.3) is 20.9 Å². The third kappa shape index (κ3) is 9.60. The van der Waals surface area contributed by atoms with Gasteiger partial charge >= 0.3 is 11.9 Å². The van der Waals surface area contributed by atoms with Crippen molar-refractivity contribution >= 4 is 11.9 Å². The first-order valence-electron chi connectivity index (χ1n) is 17.4. The van der Waals surface area contributed by atoms with Gasteiger partial charge in [0.1, 0.15) is 23.8 Å². The van der Waals surface area contributed by atoms with E-state index in [-0.39, 0.29) is 31.9 Å². The third-order valence-corrected chi connectivity index (χ3v) is 9.65. The molecular formula is C40H40F2N6O6. The van der Waals surface area contributed by atoms with Gasteiger partial charge in [-0.3, -0.25) is 9.59 Å². The van der Waals surface area contributed by atoms with Crippen LogP contribution in [0.5, 0.6) is 0 Å². The Labute approximate surface area is 310 Å². The summed E-state index contributed by atoms with van der Waals surface area (Å²) in [5.74, 6) is -2.56. The number of azide groups is 2. The van der Waals surface area contributed by atoms with Crippen molar-refractivity contribution in [2.75, 3.05) is 13.2 Å². The number of nitrogens with zero attached hydrogens (tertiary/aromatic N) is 6. The number of halogens is 2. The molecule has 4 aromatic rings. The Bertz CT molecular complexity index is 2090. The number of benzene rings is 4. The van der Waals surface area contributed by atoms with E-state index < -0.39 is 53.8 Å². The molecule has 2 aliphatic rings. The van der Waals surface area contributed by atoms with E-state index in [4.69, 9.17) is 20.5 Å². The summed E-state index contributed by atoms with van der Waals surface area (Å²) in [5, 5.41) is 26.6. The van der Waals surface area contributed by atoms with Gasteiger partial charge in [0, 0.05) is 48.1 Å². The third-order valence-electron chi connectivity index (χ3n) is 9.65. The molecule has 6 rings (SSSR count). The fraction of sp³-hybridized carbons (Fsp3) is 0.350. The minimum atomic E-state index is -0.953. The Morgan fingerprint density at radius 3 is 1.65 bits per heavy atom. The van der Waals surface area contributed by atoms with Crippen LogP contribution in [0.4, 0.5) is 8.78 Å². The van der Waals surface area contributed by atoms with Gasteiger partial charge in [0.15, 0.2) is 0 Å². The number of carbonyl (C=O) groups excluding carboxylic acids is 2. The van der Waals surface area contributed by atoms with E-state index in [1.54, 1.807) is 12.1 Å². The highest BCUT2D eigenvalue weighted by atomic mass is 19.1. The molecule has 0 amide bonds. The predicted molar refractivity (Wildman–Crippen MR) is 195 cm³/mol. The van der Waals surface area contributed by atoms with Gasteiger partial charge in [-0.15, -0.1) is 0 Å². The van der Waals surface area contributed by atoms with Crippen molar-refractivity contribution in [2.45, 2.75) is 75.7 Å². The highest BCUT2D eigenvalue weighted by molar-refractivity contribution is 5.67. The second-order valence-electron chi connectivity index (χ2n) is 13.3. The molecule has 0 spiro atoms. The van der Waals surface area contributed by atoms with Crippen LogP contribution in [0.15, 0.2) is 95.2 Å². The molecule has 0 radical (unpaired) electrons. The van der Waals surface area contributed by atoms with E-state index in [9.17, 15) is 28.6 Å². The van der Waals surface area contributed by atoms with Crippen LogP contribution in [0.2, 0.25) is 0 Å². The number of aliphatic hydroxyl groups is 2. The zero-order chi connectivity index (χ0) is 38.8. The number of carbonyl (C=O) groups is 2. The van der Waals surface area contributed by atoms with Gasteiger partial charge in [-0.1, -0.05) is 70.9 Å². The molecule has 0 fully saturated rings. The van der Waals surface area contributed by atoms with Crippen molar-refractivity contribution in [2.24, 2.45) is 10.2 Å². The molecule has 4 aromatic carbocycles. The van der Waals surface area contributed by atoms with E-state index in [1.165, 1.54) is 38.1 Å². The molecule has 6 atom stereocenters. The van der Waals surface area contributed by atoms with Gasteiger partial charge in [0.2, 0.25) is 0 Å². The van der Waals surface area contributed by atoms with Gasteiger partial charge in [-0.25, -0.2) is 8.78 Å². The van der Waals surface area contributed by atoms with Gasteiger partial charge in [0.25, 0.3) is 0 Å². The topological polar surface area (TPSA) is 191 Å². The molecule has 0 aromatic heterocycles. The van der Waals surface area contributed by atoms with E-state index >= 15 is 0 Å². The van der Waals surface area contributed by atoms with Crippen LogP contribution in [0, 0.1) is 11.6 Å². The van der Waals surface area contributed by atoms with Crippen molar-refractivity contribution in [3.05, 3.63) is 162 Å². The average Bonchev–Trinajstić information content (AvgIpc) is 3.34. The first-order chi connectivity index (χ1) is 26.0. The molecule has 14 heteroatoms. The van der Waals surface area contributed by atoms with Crippen LogP contribution in [-0.2, 0) is 31.9 Å². The highest BCUT2D eigenvalue weighted by Gasteiger charge is 2.36. The lowest BCUT2D eigenvalue weighted by molar-refractivity contribution is -0.149. The van der Waals surface area contributed by atoms with Gasteiger partial charge in [-0.05, 0) is 106 Å². The van der Waals surface area contributed by atoms with Crippen LogP contribution in [0.3, 0.4) is 0 Å². The number of fused-ring (bicyclic) bond motifs is 4. The molecule has 12 nitrogen and oxygen atoms in total. The molecule has 0 unspecified atom stereocenters. The van der Waals surface area contributed by atoms with Crippen LogP contribution < -0.4 is 0 Å². The quantitative estimate of drug-likeness (QED) is 0.0711. The molecule has 2 aliphatic carbocycles. The molecule has 54 heavy (non-hydrogen) atoms. The number of ether oxygens (including phenoxy) is 2. The summed E-state index contributed by atoms with van der Waals surface area (Å²) in [6.07, 6.45) is -0.795. The monoisotopic (exact) mass is 738 g/mol. The van der Waals surface area contributed by atoms with E-state index in [1.807, 2.05) is 48.5 Å². The fourth-order valence-electron chi connectivity index (χ4n) is 7.44. The summed E-state index contributed by atoms with van der Waals surface area (Å²) < 4.78 is 39.2. The molecule has 0 saturated heterocycles. The molecule has 0 heterocycles. The minimum absolute atomic E-state index is 0.0258. The van der Waals surface area contributed by atoms with Crippen LogP contribution >= 0.6 is 0 Å². The second kappa shape index (κ2) is 18.3. The zero-order valence-electron chi connectivity index (χ0n) is 29.8. The van der Waals surface area contributed by atoms with Crippen LogP contribution in [-0.4, -0.2) is 47.4 Å². The molecule has 280 valence electrons. The lowest BCUT2D eigenvalue weighted by Crippen LogP contribution is -2.24. The Hall–Kier alpha value is -5.78. The highest BCUT2D eigenvalue weighted by Crippen LogP contribution is 2.46. The van der Waals surface area contributed by atoms with E-state index in [0.717, 1.165) is 33.4 Å². The molecule has 0 saturated carbocycles. The van der Waals surface area contributed by atoms with E-state index in [2.05, 4.69) is 20.1 Å². The van der Waals surface area contributed by atoms with Gasteiger partial charge < -0.3 is 19.7 Å². The zero-order valence-corrected chi connectivity index (χ0v) is 29.8. The van der Waals surface area contributed by atoms with Gasteiger partial charge in [0.05, 0.1) is 12.7 Å². The summed E-state index contributed by atoms with van der Waals surface area (Å²) in [4.78, 5) is 29.2. The lowest BCUT2D eigenvalue weighted by Gasteiger charge is -2.29. The lowest BCUT2D eigenvalue weighted by atomic mass is 9.84. The van der Waals surface area contributed by atoms with Crippen molar-refractivity contribution in [3.63, 3.8) is 0 Å². The molecule has 0 aliphatic heterocycles. The summed E-state index contributed by atoms with van der Waals surface area (Å²) in [7, 11) is 0. The Balaban J connectivity index is 0.000000210. The van der Waals surface area contributed by atoms with E-state index in [0.29, 0.717) is 24.0 Å². The number of hydrogen-bond acceptors (Lipinski definition) is 8. The summed E-state index contributed by atoms with van der Waals surface area (Å²) >= 11 is 0. The SMILES string of the molecule is CC(=O)O[C@H]1c2cc(F)ccc2Cc2ccccc2[C@H]1C[C@@H](CN=[N+]=[N-])N=[N+]=[N-].CC(=O)O[C@H]1c2cc(F)ccc2Cc2ccccc2[C@H]1C[C@@H](O)CO. The minimum Gasteiger partial charge on any atom is -0.457 e. The number of esters is 2. The smallest absolute Gasteiger partial charge is 0.303 e. The van der Waals surface area contributed by atoms with Crippen molar-refractivity contribution in [3.8, 4) is 0 Å². The maximum Gasteiger partial charge on any atom is 0.303 e. The maximum absolute atomic E-state index is 14.1. The maximum atomic E-state index is 14.1. The Morgan fingerprint density at radius 1 is 0.741 bits per heavy atom. The van der Waals surface area contributed by atoms with Crippen molar-refractivity contribution in [1.82, 2.24) is 0 Å². The Morgan fingerprint density at radius 2 is 1.20 bits per heavy atom.